The average molecular weight is 255 g/mol. The molecule has 1 aliphatic rings. The lowest BCUT2D eigenvalue weighted by atomic mass is 10.0. The first kappa shape index (κ1) is 12.3. The van der Waals surface area contributed by atoms with Crippen LogP contribution in [0.1, 0.15) is 29.8 Å². The van der Waals surface area contributed by atoms with Gasteiger partial charge in [0.25, 0.3) is 5.91 Å². The molecule has 2 heterocycles. The van der Waals surface area contributed by atoms with Crippen molar-refractivity contribution in [2.24, 2.45) is 0 Å². The SMILES string of the molecule is O=C(c1ccc(Cl)cn1)N1CCCCC1CO. The first-order valence-electron chi connectivity index (χ1n) is 5.76. The van der Waals surface area contributed by atoms with Gasteiger partial charge < -0.3 is 10.0 Å². The molecule has 0 spiro atoms. The summed E-state index contributed by atoms with van der Waals surface area (Å²) in [4.78, 5) is 17.9. The molecule has 1 aromatic heterocycles. The van der Waals surface area contributed by atoms with Crippen molar-refractivity contribution in [1.29, 1.82) is 0 Å². The zero-order valence-corrected chi connectivity index (χ0v) is 10.2. The number of amides is 1. The van der Waals surface area contributed by atoms with Crippen molar-refractivity contribution in [3.63, 3.8) is 0 Å². The zero-order chi connectivity index (χ0) is 12.3. The van der Waals surface area contributed by atoms with E-state index in [4.69, 9.17) is 11.6 Å². The molecule has 1 atom stereocenters. The van der Waals surface area contributed by atoms with Crippen LogP contribution in [0.4, 0.5) is 0 Å². The second kappa shape index (κ2) is 5.47. The van der Waals surface area contributed by atoms with Gasteiger partial charge in [-0.3, -0.25) is 4.79 Å². The number of carbonyl (C=O) groups excluding carboxylic acids is 1. The van der Waals surface area contributed by atoms with E-state index >= 15 is 0 Å². The summed E-state index contributed by atoms with van der Waals surface area (Å²) >= 11 is 5.73. The number of carbonyl (C=O) groups is 1. The highest BCUT2D eigenvalue weighted by atomic mass is 35.5. The lowest BCUT2D eigenvalue weighted by molar-refractivity contribution is 0.0497. The highest BCUT2D eigenvalue weighted by Crippen LogP contribution is 2.19. The van der Waals surface area contributed by atoms with E-state index in [1.54, 1.807) is 17.0 Å². The van der Waals surface area contributed by atoms with Crippen LogP contribution < -0.4 is 0 Å². The normalized spacial score (nSPS) is 20.4. The second-order valence-electron chi connectivity index (χ2n) is 4.19. The van der Waals surface area contributed by atoms with Crippen LogP contribution in [0.3, 0.4) is 0 Å². The van der Waals surface area contributed by atoms with E-state index in [-0.39, 0.29) is 18.6 Å². The summed E-state index contributed by atoms with van der Waals surface area (Å²) in [5.74, 6) is -0.125. The Hall–Kier alpha value is -1.13. The number of nitrogens with zero attached hydrogens (tertiary/aromatic N) is 2. The minimum atomic E-state index is -0.125. The largest absolute Gasteiger partial charge is 0.394 e. The third-order valence-corrected chi connectivity index (χ3v) is 3.27. The monoisotopic (exact) mass is 254 g/mol. The smallest absolute Gasteiger partial charge is 0.272 e. The molecule has 1 amide bonds. The molecular formula is C12H15ClN2O2. The fourth-order valence-corrected chi connectivity index (χ4v) is 2.22. The van der Waals surface area contributed by atoms with Gasteiger partial charge in [0.15, 0.2) is 0 Å². The molecule has 0 aliphatic carbocycles. The van der Waals surface area contributed by atoms with Gasteiger partial charge >= 0.3 is 0 Å². The fourth-order valence-electron chi connectivity index (χ4n) is 2.11. The summed E-state index contributed by atoms with van der Waals surface area (Å²) < 4.78 is 0. The molecular weight excluding hydrogens is 240 g/mol. The molecule has 0 saturated carbocycles. The van der Waals surface area contributed by atoms with Crippen LogP contribution in [0.25, 0.3) is 0 Å². The van der Waals surface area contributed by atoms with Crippen molar-refractivity contribution in [2.75, 3.05) is 13.2 Å². The fraction of sp³-hybridized carbons (Fsp3) is 0.500. The van der Waals surface area contributed by atoms with Crippen molar-refractivity contribution < 1.29 is 9.90 Å². The molecule has 4 nitrogen and oxygen atoms in total. The predicted molar refractivity (Wildman–Crippen MR) is 65.0 cm³/mol. The van der Waals surface area contributed by atoms with Gasteiger partial charge in [0.1, 0.15) is 5.69 Å². The van der Waals surface area contributed by atoms with Crippen LogP contribution >= 0.6 is 11.6 Å². The highest BCUT2D eigenvalue weighted by Gasteiger charge is 2.27. The van der Waals surface area contributed by atoms with E-state index < -0.39 is 0 Å². The van der Waals surface area contributed by atoms with Gasteiger partial charge in [-0.05, 0) is 31.4 Å². The van der Waals surface area contributed by atoms with E-state index in [9.17, 15) is 9.90 Å². The molecule has 0 aromatic carbocycles. The number of pyridine rings is 1. The van der Waals surface area contributed by atoms with Gasteiger partial charge in [0, 0.05) is 12.7 Å². The van der Waals surface area contributed by atoms with Crippen LogP contribution in [0, 0.1) is 0 Å². The number of hydrogen-bond donors (Lipinski definition) is 1. The Balaban J connectivity index is 2.15. The van der Waals surface area contributed by atoms with Crippen molar-refractivity contribution in [1.82, 2.24) is 9.88 Å². The molecule has 1 N–H and O–H groups in total. The van der Waals surface area contributed by atoms with Crippen LogP contribution in [0.2, 0.25) is 5.02 Å². The summed E-state index contributed by atoms with van der Waals surface area (Å²) in [7, 11) is 0. The average Bonchev–Trinajstić information content (AvgIpc) is 2.39. The quantitative estimate of drug-likeness (QED) is 0.874. The number of piperidine rings is 1. The number of rotatable bonds is 2. The third kappa shape index (κ3) is 2.76. The molecule has 5 heteroatoms. The molecule has 92 valence electrons. The summed E-state index contributed by atoms with van der Waals surface area (Å²) in [5, 5.41) is 9.78. The maximum Gasteiger partial charge on any atom is 0.272 e. The topological polar surface area (TPSA) is 53.4 Å². The maximum absolute atomic E-state index is 12.2. The molecule has 0 bridgehead atoms. The van der Waals surface area contributed by atoms with Gasteiger partial charge in [-0.2, -0.15) is 0 Å². The molecule has 1 saturated heterocycles. The predicted octanol–water partition coefficient (Wildman–Crippen LogP) is 1.72. The Morgan fingerprint density at radius 1 is 1.53 bits per heavy atom. The summed E-state index contributed by atoms with van der Waals surface area (Å²) in [6.45, 7) is 0.702. The van der Waals surface area contributed by atoms with Gasteiger partial charge in [-0.1, -0.05) is 11.6 Å². The number of halogens is 1. The van der Waals surface area contributed by atoms with Gasteiger partial charge in [-0.15, -0.1) is 0 Å². The van der Waals surface area contributed by atoms with E-state index in [0.717, 1.165) is 19.3 Å². The van der Waals surface area contributed by atoms with Gasteiger partial charge in [0.05, 0.1) is 17.7 Å². The standard InChI is InChI=1S/C12H15ClN2O2/c13-9-4-5-11(14-7-9)12(17)15-6-2-1-3-10(15)8-16/h4-5,7,10,16H,1-3,6,8H2. The van der Waals surface area contributed by atoms with Crippen molar-refractivity contribution in [2.45, 2.75) is 25.3 Å². The number of aromatic nitrogens is 1. The number of hydrogen-bond acceptors (Lipinski definition) is 3. The zero-order valence-electron chi connectivity index (χ0n) is 9.47. The molecule has 0 radical (unpaired) electrons. The van der Waals surface area contributed by atoms with Gasteiger partial charge in [0.2, 0.25) is 0 Å². The first-order chi connectivity index (χ1) is 8.22. The Morgan fingerprint density at radius 2 is 2.35 bits per heavy atom. The Labute approximate surface area is 105 Å². The van der Waals surface area contributed by atoms with E-state index in [0.29, 0.717) is 17.3 Å². The Bertz CT molecular complexity index is 394. The van der Waals surface area contributed by atoms with Crippen LogP contribution in [0.5, 0.6) is 0 Å². The minimum absolute atomic E-state index is 0.0132. The van der Waals surface area contributed by atoms with Crippen molar-refractivity contribution >= 4 is 17.5 Å². The van der Waals surface area contributed by atoms with Crippen LogP contribution in [-0.4, -0.2) is 40.1 Å². The molecule has 1 fully saturated rings. The van der Waals surface area contributed by atoms with Crippen molar-refractivity contribution in [3.8, 4) is 0 Å². The molecule has 1 aromatic rings. The molecule has 1 unspecified atom stereocenters. The van der Waals surface area contributed by atoms with E-state index in [1.807, 2.05) is 0 Å². The van der Waals surface area contributed by atoms with Gasteiger partial charge in [-0.25, -0.2) is 4.98 Å². The Kier molecular flexibility index (Phi) is 3.97. The molecule has 1 aliphatic heterocycles. The van der Waals surface area contributed by atoms with E-state index in [2.05, 4.69) is 4.98 Å². The van der Waals surface area contributed by atoms with Crippen LogP contribution in [0.15, 0.2) is 18.3 Å². The minimum Gasteiger partial charge on any atom is -0.394 e. The number of aliphatic hydroxyl groups excluding tert-OH is 1. The summed E-state index contributed by atoms with van der Waals surface area (Å²) in [6, 6.07) is 3.20. The lowest BCUT2D eigenvalue weighted by Gasteiger charge is -2.34. The lowest BCUT2D eigenvalue weighted by Crippen LogP contribution is -2.45. The number of likely N-dealkylation sites (tertiary alicyclic amines) is 1. The second-order valence-corrected chi connectivity index (χ2v) is 4.63. The maximum atomic E-state index is 12.2. The van der Waals surface area contributed by atoms with E-state index in [1.165, 1.54) is 6.20 Å². The summed E-state index contributed by atoms with van der Waals surface area (Å²) in [6.07, 6.45) is 4.36. The van der Waals surface area contributed by atoms with Crippen molar-refractivity contribution in [3.05, 3.63) is 29.0 Å². The highest BCUT2D eigenvalue weighted by molar-refractivity contribution is 6.30. The Morgan fingerprint density at radius 3 is 3.00 bits per heavy atom. The summed E-state index contributed by atoms with van der Waals surface area (Å²) in [5.41, 5.74) is 0.384. The van der Waals surface area contributed by atoms with Crippen LogP contribution in [-0.2, 0) is 0 Å². The molecule has 17 heavy (non-hydrogen) atoms. The molecule has 2 rings (SSSR count). The first-order valence-corrected chi connectivity index (χ1v) is 6.13. The third-order valence-electron chi connectivity index (χ3n) is 3.05. The number of aliphatic hydroxyl groups is 1.